The van der Waals surface area contributed by atoms with E-state index >= 15 is 0 Å². The monoisotopic (exact) mass is 432 g/mol. The van der Waals surface area contributed by atoms with E-state index in [2.05, 4.69) is 26.7 Å². The molecule has 1 aromatic carbocycles. The van der Waals surface area contributed by atoms with Gasteiger partial charge in [-0.15, -0.1) is 0 Å². The largest absolute Gasteiger partial charge is 0.371 e. The molecule has 164 valence electrons. The van der Waals surface area contributed by atoms with Crippen molar-refractivity contribution in [2.75, 3.05) is 30.4 Å². The molecule has 2 aliphatic rings. The number of nitriles is 1. The maximum Gasteiger partial charge on any atom is 0.318 e. The molecule has 2 atom stereocenters. The number of benzene rings is 1. The number of fused-ring (bicyclic) bond motifs is 3. The molecule has 2 aromatic heterocycles. The zero-order valence-corrected chi connectivity index (χ0v) is 17.8. The Hall–Kier alpha value is -3.71. The molecule has 2 amide bonds. The van der Waals surface area contributed by atoms with Gasteiger partial charge in [0.2, 0.25) is 0 Å². The lowest BCUT2D eigenvalue weighted by atomic mass is 10.2. The third-order valence-corrected chi connectivity index (χ3v) is 5.88. The van der Waals surface area contributed by atoms with Gasteiger partial charge >= 0.3 is 6.03 Å². The summed E-state index contributed by atoms with van der Waals surface area (Å²) >= 11 is 0. The predicted molar refractivity (Wildman–Crippen MR) is 119 cm³/mol. The number of rotatable bonds is 5. The van der Waals surface area contributed by atoms with Gasteiger partial charge in [0.05, 0.1) is 42.8 Å². The van der Waals surface area contributed by atoms with Gasteiger partial charge in [-0.1, -0.05) is 0 Å². The van der Waals surface area contributed by atoms with E-state index in [9.17, 15) is 4.79 Å². The van der Waals surface area contributed by atoms with E-state index in [4.69, 9.17) is 20.0 Å². The van der Waals surface area contributed by atoms with Gasteiger partial charge < -0.3 is 20.3 Å². The molecule has 3 aromatic rings. The maximum absolute atomic E-state index is 11.6. The molecule has 2 N–H and O–H groups in total. The zero-order valence-electron chi connectivity index (χ0n) is 17.8. The fraction of sp³-hybridized carbons (Fsp3) is 0.409. The Bertz CT molecular complexity index is 1170. The summed E-state index contributed by atoms with van der Waals surface area (Å²) in [4.78, 5) is 23.6. The van der Waals surface area contributed by atoms with Crippen molar-refractivity contribution in [1.82, 2.24) is 25.1 Å². The van der Waals surface area contributed by atoms with Crippen LogP contribution in [0.4, 0.5) is 16.3 Å². The number of urea groups is 1. The number of carbonyl (C=O) groups is 1. The van der Waals surface area contributed by atoms with Gasteiger partial charge in [-0.3, -0.25) is 0 Å². The number of nitrogens with zero attached hydrogens (tertiary/aromatic N) is 6. The molecule has 4 heterocycles. The van der Waals surface area contributed by atoms with Crippen LogP contribution in [0.3, 0.4) is 0 Å². The maximum atomic E-state index is 11.6. The van der Waals surface area contributed by atoms with Crippen molar-refractivity contribution in [3.8, 4) is 17.5 Å². The van der Waals surface area contributed by atoms with Gasteiger partial charge in [0.25, 0.3) is 0 Å². The second-order valence-electron chi connectivity index (χ2n) is 8.03. The van der Waals surface area contributed by atoms with Gasteiger partial charge in [0.15, 0.2) is 11.5 Å². The molecular formula is C22H24N8O2. The van der Waals surface area contributed by atoms with Crippen LogP contribution in [-0.2, 0) is 11.3 Å². The summed E-state index contributed by atoms with van der Waals surface area (Å²) in [5.41, 5.74) is 2.23. The van der Waals surface area contributed by atoms with Crippen molar-refractivity contribution in [2.45, 2.75) is 38.0 Å². The second kappa shape index (κ2) is 8.43. The van der Waals surface area contributed by atoms with Crippen LogP contribution in [0.1, 0.15) is 19.3 Å². The first-order valence-electron chi connectivity index (χ1n) is 10.7. The SMILES string of the molecule is CNC(=O)Nc1ccc(-c2nc(N3CC4CCC(C3)O4)c3cnn(CCC#N)c3n2)cc1. The van der Waals surface area contributed by atoms with Crippen LogP contribution in [0.15, 0.2) is 30.5 Å². The Labute approximate surface area is 185 Å². The van der Waals surface area contributed by atoms with Crippen LogP contribution in [0.2, 0.25) is 0 Å². The molecule has 0 radical (unpaired) electrons. The Morgan fingerprint density at radius 3 is 2.66 bits per heavy atom. The van der Waals surface area contributed by atoms with Crippen LogP contribution in [0, 0.1) is 11.3 Å². The number of aryl methyl sites for hydroxylation is 1. The summed E-state index contributed by atoms with van der Waals surface area (Å²) in [7, 11) is 1.57. The molecule has 10 nitrogen and oxygen atoms in total. The molecule has 0 spiro atoms. The summed E-state index contributed by atoms with van der Waals surface area (Å²) < 4.78 is 7.77. The van der Waals surface area contributed by atoms with Gasteiger partial charge in [-0.2, -0.15) is 10.4 Å². The minimum Gasteiger partial charge on any atom is -0.371 e. The van der Waals surface area contributed by atoms with E-state index in [1.54, 1.807) is 17.9 Å². The number of morpholine rings is 1. The van der Waals surface area contributed by atoms with Crippen LogP contribution in [0.5, 0.6) is 0 Å². The average molecular weight is 432 g/mol. The summed E-state index contributed by atoms with van der Waals surface area (Å²) in [6.45, 7) is 2.06. The molecule has 32 heavy (non-hydrogen) atoms. The van der Waals surface area contributed by atoms with E-state index in [1.807, 2.05) is 24.3 Å². The fourth-order valence-corrected chi connectivity index (χ4v) is 4.31. The topological polar surface area (TPSA) is 121 Å². The molecule has 2 aliphatic heterocycles. The van der Waals surface area contributed by atoms with Crippen LogP contribution < -0.4 is 15.5 Å². The van der Waals surface area contributed by atoms with Crippen molar-refractivity contribution in [2.24, 2.45) is 0 Å². The molecule has 10 heteroatoms. The molecule has 2 bridgehead atoms. The quantitative estimate of drug-likeness (QED) is 0.635. The summed E-state index contributed by atoms with van der Waals surface area (Å²) in [5.74, 6) is 1.43. The van der Waals surface area contributed by atoms with E-state index in [0.29, 0.717) is 30.1 Å². The van der Waals surface area contributed by atoms with Crippen LogP contribution in [0.25, 0.3) is 22.4 Å². The third kappa shape index (κ3) is 3.83. The smallest absolute Gasteiger partial charge is 0.318 e. The Kier molecular flexibility index (Phi) is 5.33. The summed E-state index contributed by atoms with van der Waals surface area (Å²) in [5, 5.41) is 19.7. The van der Waals surface area contributed by atoms with Crippen molar-refractivity contribution in [3.63, 3.8) is 0 Å². The standard InChI is InChI=1S/C22H24N8O2/c1-24-22(31)26-15-5-3-14(4-6-15)19-27-20(29-12-16-7-8-17(13-29)32-16)18-11-25-30(10-2-9-23)21(18)28-19/h3-6,11,16-17H,2,7-8,10,12-13H2,1H3,(H2,24,26,31). The van der Waals surface area contributed by atoms with Gasteiger partial charge in [0, 0.05) is 31.4 Å². The van der Waals surface area contributed by atoms with E-state index in [0.717, 1.165) is 42.7 Å². The highest BCUT2D eigenvalue weighted by Crippen LogP contribution is 2.33. The van der Waals surface area contributed by atoms with Crippen LogP contribution in [-0.4, -0.2) is 58.1 Å². The molecule has 2 fully saturated rings. The lowest BCUT2D eigenvalue weighted by Gasteiger charge is -2.33. The number of amides is 2. The highest BCUT2D eigenvalue weighted by molar-refractivity contribution is 5.90. The van der Waals surface area contributed by atoms with Crippen molar-refractivity contribution in [1.29, 1.82) is 5.26 Å². The number of ether oxygens (including phenoxy) is 1. The molecule has 0 saturated carbocycles. The Morgan fingerprint density at radius 1 is 1.22 bits per heavy atom. The first-order valence-corrected chi connectivity index (χ1v) is 10.7. The second-order valence-corrected chi connectivity index (χ2v) is 8.03. The average Bonchev–Trinajstić information content (AvgIpc) is 3.39. The number of anilines is 2. The lowest BCUT2D eigenvalue weighted by molar-refractivity contribution is 0.0303. The minimum absolute atomic E-state index is 0.228. The number of hydrogen-bond donors (Lipinski definition) is 2. The van der Waals surface area contributed by atoms with E-state index in [1.165, 1.54) is 0 Å². The number of carbonyl (C=O) groups excluding carboxylic acids is 1. The number of aromatic nitrogens is 4. The first kappa shape index (κ1) is 20.2. The van der Waals surface area contributed by atoms with Crippen LogP contribution >= 0.6 is 0 Å². The summed E-state index contributed by atoms with van der Waals surface area (Å²) in [6.07, 6.45) is 4.75. The van der Waals surface area contributed by atoms with Gasteiger partial charge in [-0.05, 0) is 37.1 Å². The van der Waals surface area contributed by atoms with Crippen molar-refractivity contribution < 1.29 is 9.53 Å². The summed E-state index contributed by atoms with van der Waals surface area (Å²) in [6, 6.07) is 9.30. The van der Waals surface area contributed by atoms with E-state index < -0.39 is 0 Å². The van der Waals surface area contributed by atoms with Gasteiger partial charge in [0.1, 0.15) is 5.82 Å². The Morgan fingerprint density at radius 2 is 1.97 bits per heavy atom. The first-order chi connectivity index (χ1) is 15.6. The molecular weight excluding hydrogens is 408 g/mol. The highest BCUT2D eigenvalue weighted by atomic mass is 16.5. The van der Waals surface area contributed by atoms with Gasteiger partial charge in [-0.25, -0.2) is 19.4 Å². The predicted octanol–water partition coefficient (Wildman–Crippen LogP) is 2.53. The third-order valence-electron chi connectivity index (χ3n) is 5.88. The van der Waals surface area contributed by atoms with E-state index in [-0.39, 0.29) is 18.2 Å². The lowest BCUT2D eigenvalue weighted by Crippen LogP contribution is -2.43. The molecule has 0 aliphatic carbocycles. The highest BCUT2D eigenvalue weighted by Gasteiger charge is 2.35. The number of nitrogens with one attached hydrogen (secondary N) is 2. The minimum atomic E-state index is -0.277. The molecule has 2 saturated heterocycles. The normalized spacial score (nSPS) is 19.7. The molecule has 5 rings (SSSR count). The zero-order chi connectivity index (χ0) is 22.1. The Balaban J connectivity index is 1.55. The number of hydrogen-bond acceptors (Lipinski definition) is 7. The van der Waals surface area contributed by atoms with Crippen molar-refractivity contribution >= 4 is 28.6 Å². The van der Waals surface area contributed by atoms with Crippen molar-refractivity contribution in [3.05, 3.63) is 30.5 Å². The molecule has 2 unspecified atom stereocenters. The fourth-order valence-electron chi connectivity index (χ4n) is 4.31.